The number of hydrogen-bond donors (Lipinski definition) is 3. The highest BCUT2D eigenvalue weighted by Gasteiger charge is 2.24. The van der Waals surface area contributed by atoms with Crippen molar-refractivity contribution in [3.63, 3.8) is 0 Å². The molecule has 1 heterocycles. The Bertz CT molecular complexity index is 1110. The molecule has 1 atom stereocenters. The molecule has 1 saturated carbocycles. The monoisotopic (exact) mass is 404 g/mol. The first-order valence-electron chi connectivity index (χ1n) is 9.99. The molecule has 7 heteroatoms. The smallest absolute Gasteiger partial charge is 0.297 e. The third kappa shape index (κ3) is 4.41. The summed E-state index contributed by atoms with van der Waals surface area (Å²) in [5.41, 5.74) is 2.41. The summed E-state index contributed by atoms with van der Waals surface area (Å²) in [6, 6.07) is 14.8. The molecular formula is C23H24N4O3. The number of aliphatic hydroxyl groups is 1. The van der Waals surface area contributed by atoms with E-state index in [1.165, 1.54) is 10.8 Å². The van der Waals surface area contributed by atoms with Gasteiger partial charge in [-0.3, -0.25) is 14.2 Å². The van der Waals surface area contributed by atoms with Gasteiger partial charge in [-0.15, -0.1) is 0 Å². The molecule has 0 bridgehead atoms. The zero-order chi connectivity index (χ0) is 21.1. The highest BCUT2D eigenvalue weighted by atomic mass is 16.3. The van der Waals surface area contributed by atoms with Crippen molar-refractivity contribution in [1.82, 2.24) is 14.9 Å². The zero-order valence-corrected chi connectivity index (χ0v) is 16.7. The van der Waals surface area contributed by atoms with Crippen molar-refractivity contribution in [2.75, 3.05) is 11.9 Å². The Balaban J connectivity index is 1.56. The van der Waals surface area contributed by atoms with E-state index in [1.54, 1.807) is 18.3 Å². The number of carbonyl (C=O) groups excluding carboxylic acids is 1. The molecule has 1 fully saturated rings. The van der Waals surface area contributed by atoms with Crippen LogP contribution in [0.5, 0.6) is 0 Å². The van der Waals surface area contributed by atoms with E-state index in [4.69, 9.17) is 0 Å². The van der Waals surface area contributed by atoms with Gasteiger partial charge in [0.15, 0.2) is 5.82 Å². The average Bonchev–Trinajstić information content (AvgIpc) is 3.58. The quantitative estimate of drug-likeness (QED) is 0.563. The van der Waals surface area contributed by atoms with E-state index < -0.39 is 6.10 Å². The van der Waals surface area contributed by atoms with Crippen LogP contribution in [0.4, 0.5) is 5.82 Å². The minimum absolute atomic E-state index is 0.134. The highest BCUT2D eigenvalue weighted by Crippen LogP contribution is 2.21. The first-order valence-corrected chi connectivity index (χ1v) is 9.99. The van der Waals surface area contributed by atoms with Crippen molar-refractivity contribution in [3.8, 4) is 5.69 Å². The van der Waals surface area contributed by atoms with Gasteiger partial charge in [0, 0.05) is 30.5 Å². The van der Waals surface area contributed by atoms with Gasteiger partial charge in [0.25, 0.3) is 11.5 Å². The first-order chi connectivity index (χ1) is 14.5. The second-order valence-corrected chi connectivity index (χ2v) is 7.51. The largest absolute Gasteiger partial charge is 0.387 e. The van der Waals surface area contributed by atoms with Crippen molar-refractivity contribution in [3.05, 3.63) is 88.0 Å². The van der Waals surface area contributed by atoms with Gasteiger partial charge >= 0.3 is 0 Å². The van der Waals surface area contributed by atoms with Gasteiger partial charge in [-0.05, 0) is 43.0 Å². The Morgan fingerprint density at radius 1 is 1.23 bits per heavy atom. The van der Waals surface area contributed by atoms with E-state index in [-0.39, 0.29) is 29.9 Å². The summed E-state index contributed by atoms with van der Waals surface area (Å²) in [6.07, 6.45) is 4.36. The van der Waals surface area contributed by atoms with E-state index in [1.807, 2.05) is 43.3 Å². The molecule has 1 amide bonds. The molecule has 0 saturated heterocycles. The van der Waals surface area contributed by atoms with Gasteiger partial charge in [-0.2, -0.15) is 0 Å². The number of benzene rings is 2. The maximum absolute atomic E-state index is 13.0. The lowest BCUT2D eigenvalue weighted by Crippen LogP contribution is -2.27. The molecule has 3 N–H and O–H groups in total. The number of nitrogens with one attached hydrogen (secondary N) is 2. The minimum atomic E-state index is -0.766. The van der Waals surface area contributed by atoms with Crippen LogP contribution in [-0.2, 0) is 0 Å². The number of aliphatic hydroxyl groups excluding tert-OH is 1. The lowest BCUT2D eigenvalue weighted by molar-refractivity contribution is 0.0951. The number of carbonyl (C=O) groups is 1. The summed E-state index contributed by atoms with van der Waals surface area (Å²) in [5, 5.41) is 16.2. The van der Waals surface area contributed by atoms with E-state index in [0.717, 1.165) is 24.0 Å². The summed E-state index contributed by atoms with van der Waals surface area (Å²) in [7, 11) is 0. The number of hydrogen-bond acceptors (Lipinski definition) is 5. The van der Waals surface area contributed by atoms with Crippen LogP contribution in [0, 0.1) is 6.92 Å². The van der Waals surface area contributed by atoms with Crippen LogP contribution in [0.15, 0.2) is 65.7 Å². The van der Waals surface area contributed by atoms with Crippen LogP contribution < -0.4 is 16.2 Å². The predicted molar refractivity (Wildman–Crippen MR) is 115 cm³/mol. The molecule has 7 nitrogen and oxygen atoms in total. The Hall–Kier alpha value is -3.45. The average molecular weight is 404 g/mol. The van der Waals surface area contributed by atoms with Gasteiger partial charge in [0.1, 0.15) is 0 Å². The first kappa shape index (κ1) is 19.8. The highest BCUT2D eigenvalue weighted by molar-refractivity contribution is 5.95. The van der Waals surface area contributed by atoms with Gasteiger partial charge in [0.05, 0.1) is 11.8 Å². The maximum atomic E-state index is 13.0. The van der Waals surface area contributed by atoms with Gasteiger partial charge in [-0.1, -0.05) is 36.4 Å². The lowest BCUT2D eigenvalue weighted by atomic mass is 10.1. The molecule has 3 aromatic rings. The van der Waals surface area contributed by atoms with Crippen LogP contribution in [0.3, 0.4) is 0 Å². The summed E-state index contributed by atoms with van der Waals surface area (Å²) in [4.78, 5) is 29.5. The van der Waals surface area contributed by atoms with Gasteiger partial charge in [0.2, 0.25) is 0 Å². The number of rotatable bonds is 7. The lowest BCUT2D eigenvalue weighted by Gasteiger charge is -2.15. The number of aryl methyl sites for hydroxylation is 1. The number of nitrogens with zero attached hydrogens (tertiary/aromatic N) is 2. The Morgan fingerprint density at radius 3 is 2.73 bits per heavy atom. The SMILES string of the molecule is Cc1ccc(C(=O)NC2CC2)cc1-n1ccnc(NC[C@@H](O)c2ccccc2)c1=O. The van der Waals surface area contributed by atoms with E-state index >= 15 is 0 Å². The number of amides is 1. The fourth-order valence-corrected chi connectivity index (χ4v) is 3.22. The summed E-state index contributed by atoms with van der Waals surface area (Å²) in [6.45, 7) is 2.04. The normalized spacial score (nSPS) is 14.2. The fraction of sp³-hybridized carbons (Fsp3) is 0.261. The fourth-order valence-electron chi connectivity index (χ4n) is 3.22. The molecule has 4 rings (SSSR count). The molecule has 1 aromatic heterocycles. The van der Waals surface area contributed by atoms with Crippen molar-refractivity contribution < 1.29 is 9.90 Å². The van der Waals surface area contributed by atoms with Crippen molar-refractivity contribution >= 4 is 11.7 Å². The van der Waals surface area contributed by atoms with E-state index in [2.05, 4.69) is 15.6 Å². The van der Waals surface area contributed by atoms with Crippen LogP contribution in [-0.4, -0.2) is 33.2 Å². The third-order valence-electron chi connectivity index (χ3n) is 5.13. The van der Waals surface area contributed by atoms with Crippen LogP contribution in [0.25, 0.3) is 5.69 Å². The predicted octanol–water partition coefficient (Wildman–Crippen LogP) is 2.58. The van der Waals surface area contributed by atoms with Crippen LogP contribution in [0.1, 0.15) is 40.4 Å². The molecule has 0 spiro atoms. The molecule has 1 aliphatic rings. The van der Waals surface area contributed by atoms with Gasteiger partial charge in [-0.25, -0.2) is 4.98 Å². The molecular weight excluding hydrogens is 380 g/mol. The Labute approximate surface area is 174 Å². The van der Waals surface area contributed by atoms with Crippen molar-refractivity contribution in [2.45, 2.75) is 31.9 Å². The maximum Gasteiger partial charge on any atom is 0.297 e. The molecule has 1 aliphatic carbocycles. The Morgan fingerprint density at radius 2 is 2.00 bits per heavy atom. The van der Waals surface area contributed by atoms with Gasteiger partial charge < -0.3 is 15.7 Å². The summed E-state index contributed by atoms with van der Waals surface area (Å²) >= 11 is 0. The van der Waals surface area contributed by atoms with Crippen LogP contribution >= 0.6 is 0 Å². The second-order valence-electron chi connectivity index (χ2n) is 7.51. The van der Waals surface area contributed by atoms with Crippen molar-refractivity contribution in [2.24, 2.45) is 0 Å². The van der Waals surface area contributed by atoms with Crippen LogP contribution in [0.2, 0.25) is 0 Å². The molecule has 0 unspecified atom stereocenters. The van der Waals surface area contributed by atoms with Crippen molar-refractivity contribution in [1.29, 1.82) is 0 Å². The molecule has 2 aromatic carbocycles. The number of anilines is 1. The molecule has 0 aliphatic heterocycles. The third-order valence-corrected chi connectivity index (χ3v) is 5.13. The molecule has 154 valence electrons. The molecule has 0 radical (unpaired) electrons. The standard InChI is InChI=1S/C23H24N4O3/c1-15-7-8-17(22(29)26-18-9-10-18)13-19(15)27-12-11-24-21(23(27)30)25-14-20(28)16-5-3-2-4-6-16/h2-8,11-13,18,20,28H,9-10,14H2,1H3,(H,24,25)(H,26,29)/t20-/m1/s1. The number of aromatic nitrogens is 2. The topological polar surface area (TPSA) is 96.2 Å². The Kier molecular flexibility index (Phi) is 5.63. The summed E-state index contributed by atoms with van der Waals surface area (Å²) < 4.78 is 1.47. The minimum Gasteiger partial charge on any atom is -0.387 e. The molecule has 30 heavy (non-hydrogen) atoms. The second kappa shape index (κ2) is 8.51. The van der Waals surface area contributed by atoms with E-state index in [9.17, 15) is 14.7 Å². The summed E-state index contributed by atoms with van der Waals surface area (Å²) in [5.74, 6) is 0.00454. The zero-order valence-electron chi connectivity index (χ0n) is 16.7. The van der Waals surface area contributed by atoms with E-state index in [0.29, 0.717) is 11.3 Å².